The first-order chi connectivity index (χ1) is 14.2. The minimum atomic E-state index is -0.208. The van der Waals surface area contributed by atoms with Crippen molar-refractivity contribution in [3.63, 3.8) is 0 Å². The van der Waals surface area contributed by atoms with E-state index < -0.39 is 0 Å². The third kappa shape index (κ3) is 3.52. The van der Waals surface area contributed by atoms with Crippen LogP contribution in [0.1, 0.15) is 32.6 Å². The van der Waals surface area contributed by atoms with Crippen LogP contribution in [0.25, 0.3) is 0 Å². The number of piperidine rings is 1. The topological polar surface area (TPSA) is 129 Å². The molecule has 0 bridgehead atoms. The lowest BCUT2D eigenvalue weighted by molar-refractivity contribution is 0.185. The second kappa shape index (κ2) is 7.94. The predicted molar refractivity (Wildman–Crippen MR) is 122 cm³/mol. The molecule has 0 amide bonds. The number of hydrogen-bond donors (Lipinski definition) is 3. The van der Waals surface area contributed by atoms with E-state index in [0.717, 1.165) is 37.7 Å². The van der Waals surface area contributed by atoms with Gasteiger partial charge in [0.1, 0.15) is 16.5 Å². The molecule has 2 atom stereocenters. The lowest BCUT2D eigenvalue weighted by atomic mass is 9.73. The maximum Gasteiger partial charge on any atom is 0.270 e. The summed E-state index contributed by atoms with van der Waals surface area (Å²) < 4.78 is 1.56. The highest BCUT2D eigenvalue weighted by molar-refractivity contribution is 7.99. The molecular formula is C20H28ClN7OS. The van der Waals surface area contributed by atoms with Crippen LogP contribution in [-0.4, -0.2) is 33.7 Å². The molecule has 30 heavy (non-hydrogen) atoms. The number of nitrogen functional groups attached to an aromatic ring is 2. The highest BCUT2D eigenvalue weighted by Crippen LogP contribution is 2.48. The molecule has 1 spiro atoms. The number of nitrogens with two attached hydrogens (primary N) is 3. The summed E-state index contributed by atoms with van der Waals surface area (Å²) in [6.45, 7) is 3.88. The zero-order valence-corrected chi connectivity index (χ0v) is 18.8. The van der Waals surface area contributed by atoms with Crippen LogP contribution < -0.4 is 27.7 Å². The van der Waals surface area contributed by atoms with Crippen LogP contribution in [-0.2, 0) is 7.05 Å². The molecule has 1 aliphatic carbocycles. The SMILES string of the molecule is C[C@@H]1CCC2(CCN(c3nc(N)c(Sc4ccnc(N)c4Cl)c(=O)n3C)CC2)[C@@H]1N. The zero-order valence-electron chi connectivity index (χ0n) is 17.3. The maximum atomic E-state index is 13.1. The van der Waals surface area contributed by atoms with Gasteiger partial charge < -0.3 is 22.1 Å². The number of nitrogens with zero attached hydrogens (tertiary/aromatic N) is 4. The molecule has 0 aromatic carbocycles. The minimum absolute atomic E-state index is 0.191. The number of hydrogen-bond acceptors (Lipinski definition) is 8. The van der Waals surface area contributed by atoms with Gasteiger partial charge in [-0.3, -0.25) is 9.36 Å². The van der Waals surface area contributed by atoms with Crippen LogP contribution in [0.15, 0.2) is 26.8 Å². The summed E-state index contributed by atoms with van der Waals surface area (Å²) in [6, 6.07) is 1.95. The fourth-order valence-electron chi connectivity index (χ4n) is 4.80. The van der Waals surface area contributed by atoms with Gasteiger partial charge in [0.25, 0.3) is 5.56 Å². The minimum Gasteiger partial charge on any atom is -0.382 e. The van der Waals surface area contributed by atoms with Crippen molar-refractivity contribution < 1.29 is 0 Å². The van der Waals surface area contributed by atoms with Gasteiger partial charge in [0.2, 0.25) is 5.95 Å². The predicted octanol–water partition coefficient (Wildman–Crippen LogP) is 2.49. The Bertz CT molecular complexity index is 1020. The van der Waals surface area contributed by atoms with Crippen LogP contribution in [0, 0.1) is 11.3 Å². The van der Waals surface area contributed by atoms with Crippen LogP contribution in [0.2, 0.25) is 5.02 Å². The Kier molecular flexibility index (Phi) is 5.63. The number of pyridine rings is 1. The molecule has 4 rings (SSSR count). The second-order valence-corrected chi connectivity index (χ2v) is 9.92. The summed E-state index contributed by atoms with van der Waals surface area (Å²) in [5.41, 5.74) is 18.5. The molecule has 0 unspecified atom stereocenters. The van der Waals surface area contributed by atoms with E-state index in [1.54, 1.807) is 23.9 Å². The van der Waals surface area contributed by atoms with E-state index in [9.17, 15) is 4.79 Å². The highest BCUT2D eigenvalue weighted by Gasteiger charge is 2.46. The molecule has 162 valence electrons. The van der Waals surface area contributed by atoms with Crippen molar-refractivity contribution in [3.05, 3.63) is 27.6 Å². The van der Waals surface area contributed by atoms with Crippen molar-refractivity contribution >= 4 is 40.9 Å². The van der Waals surface area contributed by atoms with Gasteiger partial charge in [-0.2, -0.15) is 4.98 Å². The lowest BCUT2D eigenvalue weighted by Crippen LogP contribution is -2.49. The standard InChI is InChI=1S/C20H28ClN7OS/c1-11-3-5-20(15(11)22)6-9-28(10-7-20)19-26-17(24)14(18(29)27(19)2)30-12-4-8-25-16(23)13(12)21/h4,8,11,15H,3,5-7,9-10,22,24H2,1-2H3,(H2,23,25)/t11-,15-/m1/s1. The van der Waals surface area contributed by atoms with Gasteiger partial charge in [0, 0.05) is 37.3 Å². The van der Waals surface area contributed by atoms with E-state index >= 15 is 0 Å². The first-order valence-electron chi connectivity index (χ1n) is 10.2. The molecular weight excluding hydrogens is 422 g/mol. The molecule has 2 aliphatic rings. The van der Waals surface area contributed by atoms with Crippen molar-refractivity contribution in [3.8, 4) is 0 Å². The van der Waals surface area contributed by atoms with E-state index in [0.29, 0.717) is 26.7 Å². The average molecular weight is 450 g/mol. The number of anilines is 3. The summed E-state index contributed by atoms with van der Waals surface area (Å²) in [4.78, 5) is 24.7. The van der Waals surface area contributed by atoms with E-state index in [1.807, 2.05) is 0 Å². The van der Waals surface area contributed by atoms with Crippen molar-refractivity contribution in [1.82, 2.24) is 14.5 Å². The number of aromatic nitrogens is 3. The van der Waals surface area contributed by atoms with Gasteiger partial charge >= 0.3 is 0 Å². The monoisotopic (exact) mass is 449 g/mol. The van der Waals surface area contributed by atoms with Gasteiger partial charge in [0.05, 0.1) is 5.02 Å². The Morgan fingerprint density at radius 2 is 1.93 bits per heavy atom. The molecule has 2 fully saturated rings. The first-order valence-corrected chi connectivity index (χ1v) is 11.4. The summed E-state index contributed by atoms with van der Waals surface area (Å²) in [5.74, 6) is 1.57. The smallest absolute Gasteiger partial charge is 0.270 e. The second-order valence-electron chi connectivity index (χ2n) is 8.49. The Morgan fingerprint density at radius 3 is 2.57 bits per heavy atom. The van der Waals surface area contributed by atoms with Crippen LogP contribution in [0.5, 0.6) is 0 Å². The Morgan fingerprint density at radius 1 is 1.23 bits per heavy atom. The summed E-state index contributed by atoms with van der Waals surface area (Å²) >= 11 is 7.38. The third-order valence-corrected chi connectivity index (χ3v) is 8.46. The molecule has 2 aromatic rings. The molecule has 1 saturated heterocycles. The largest absolute Gasteiger partial charge is 0.382 e. The van der Waals surface area contributed by atoms with Gasteiger partial charge in [0.15, 0.2) is 0 Å². The van der Waals surface area contributed by atoms with Crippen molar-refractivity contribution in [2.45, 2.75) is 48.4 Å². The number of rotatable bonds is 3. The van der Waals surface area contributed by atoms with Crippen molar-refractivity contribution in [1.29, 1.82) is 0 Å². The average Bonchev–Trinajstić information content (AvgIpc) is 3.00. The fraction of sp³-hybridized carbons (Fsp3) is 0.550. The quantitative estimate of drug-likeness (QED) is 0.651. The van der Waals surface area contributed by atoms with Gasteiger partial charge in [-0.1, -0.05) is 30.3 Å². The third-order valence-electron chi connectivity index (χ3n) is 6.80. The van der Waals surface area contributed by atoms with Crippen LogP contribution in [0.4, 0.5) is 17.6 Å². The van der Waals surface area contributed by atoms with E-state index in [-0.39, 0.29) is 28.7 Å². The molecule has 6 N–H and O–H groups in total. The Balaban J connectivity index is 1.58. The summed E-state index contributed by atoms with van der Waals surface area (Å²) in [5, 5.41) is 0.302. The Labute approximate surface area is 185 Å². The van der Waals surface area contributed by atoms with Crippen LogP contribution >= 0.6 is 23.4 Å². The number of halogens is 1. The van der Waals surface area contributed by atoms with E-state index in [2.05, 4.69) is 21.8 Å². The maximum absolute atomic E-state index is 13.1. The molecule has 0 radical (unpaired) electrons. The van der Waals surface area contributed by atoms with Gasteiger partial charge in [-0.15, -0.1) is 0 Å². The molecule has 2 aromatic heterocycles. The normalized spacial score (nSPS) is 23.3. The molecule has 3 heterocycles. The van der Waals surface area contributed by atoms with Crippen LogP contribution in [0.3, 0.4) is 0 Å². The summed E-state index contributed by atoms with van der Waals surface area (Å²) in [6.07, 6.45) is 5.94. The van der Waals surface area contributed by atoms with E-state index in [1.165, 1.54) is 12.8 Å². The fourth-order valence-corrected chi connectivity index (χ4v) is 5.94. The summed E-state index contributed by atoms with van der Waals surface area (Å²) in [7, 11) is 1.73. The first kappa shape index (κ1) is 21.3. The molecule has 1 aliphatic heterocycles. The molecule has 1 saturated carbocycles. The lowest BCUT2D eigenvalue weighted by Gasteiger charge is -2.43. The van der Waals surface area contributed by atoms with Crippen molar-refractivity contribution in [2.24, 2.45) is 24.1 Å². The van der Waals surface area contributed by atoms with Gasteiger partial charge in [-0.05, 0) is 43.1 Å². The zero-order chi connectivity index (χ0) is 21.6. The molecule has 10 heteroatoms. The molecule has 8 nitrogen and oxygen atoms in total. The van der Waals surface area contributed by atoms with E-state index in [4.69, 9.17) is 28.8 Å². The highest BCUT2D eigenvalue weighted by atomic mass is 35.5. The Hall–Kier alpha value is -1.97. The van der Waals surface area contributed by atoms with Gasteiger partial charge in [-0.25, -0.2) is 4.98 Å². The van der Waals surface area contributed by atoms with Crippen molar-refractivity contribution in [2.75, 3.05) is 29.5 Å².